The molecule has 0 amide bonds. The van der Waals surface area contributed by atoms with Crippen LogP contribution in [0, 0.1) is 6.92 Å². The van der Waals surface area contributed by atoms with Crippen LogP contribution in [0.5, 0.6) is 0 Å². The normalized spacial score (nSPS) is 13.6. The molecule has 0 aliphatic rings. The SMILES string of the molecule is Cc1c(C(=O)C(F)(F)C(F)(F)C(F)(F)F)c2ccccc2n1C. The first-order chi connectivity index (χ1) is 10.3. The molecule has 0 unspecified atom stereocenters. The zero-order valence-corrected chi connectivity index (χ0v) is 11.8. The van der Waals surface area contributed by atoms with Gasteiger partial charge in [0.1, 0.15) is 0 Å². The number of Topliss-reactive ketones (excluding diaryl/α,β-unsaturated/α-hetero) is 1. The number of para-hydroxylation sites is 1. The Kier molecular flexibility index (Phi) is 3.74. The molecule has 0 bridgehead atoms. The molecule has 126 valence electrons. The number of rotatable bonds is 3. The number of aryl methyl sites for hydroxylation is 1. The Bertz CT molecular complexity index is 773. The Balaban J connectivity index is 2.68. The van der Waals surface area contributed by atoms with E-state index in [0.29, 0.717) is 0 Å². The highest BCUT2D eigenvalue weighted by molar-refractivity contribution is 6.13. The number of fused-ring (bicyclic) bond motifs is 1. The molecule has 2 nitrogen and oxygen atoms in total. The van der Waals surface area contributed by atoms with Crippen molar-refractivity contribution in [1.82, 2.24) is 4.57 Å². The molecule has 0 radical (unpaired) electrons. The van der Waals surface area contributed by atoms with Crippen molar-refractivity contribution >= 4 is 16.7 Å². The lowest BCUT2D eigenvalue weighted by Gasteiger charge is -2.27. The second-order valence-corrected chi connectivity index (χ2v) is 5.01. The van der Waals surface area contributed by atoms with Gasteiger partial charge in [0.05, 0.1) is 5.56 Å². The summed E-state index contributed by atoms with van der Waals surface area (Å²) in [6.07, 6.45) is -6.55. The Morgan fingerprint density at radius 3 is 2.04 bits per heavy atom. The number of carbonyl (C=O) groups excluding carboxylic acids is 1. The van der Waals surface area contributed by atoms with Crippen molar-refractivity contribution < 1.29 is 35.5 Å². The number of halogens is 7. The van der Waals surface area contributed by atoms with Gasteiger partial charge >= 0.3 is 18.0 Å². The molecule has 0 aliphatic carbocycles. The minimum absolute atomic E-state index is 0.116. The third-order valence-corrected chi connectivity index (χ3v) is 3.66. The standard InChI is InChI=1S/C14H10F7NO/c1-7-10(8-5-3-4-6-9(8)22(7)2)11(23)12(15,16)13(17,18)14(19,20)21/h3-6H,1-2H3. The van der Waals surface area contributed by atoms with Crippen molar-refractivity contribution in [3.63, 3.8) is 0 Å². The molecule has 0 atom stereocenters. The summed E-state index contributed by atoms with van der Waals surface area (Å²) in [7, 11) is 1.38. The molecule has 0 N–H and O–H groups in total. The lowest BCUT2D eigenvalue weighted by Crippen LogP contribution is -2.56. The summed E-state index contributed by atoms with van der Waals surface area (Å²) in [5, 5.41) is -0.116. The van der Waals surface area contributed by atoms with E-state index in [4.69, 9.17) is 0 Å². The molecule has 1 heterocycles. The first-order valence-electron chi connectivity index (χ1n) is 6.25. The van der Waals surface area contributed by atoms with Crippen LogP contribution >= 0.6 is 0 Å². The van der Waals surface area contributed by atoms with Gasteiger partial charge in [-0.3, -0.25) is 4.79 Å². The van der Waals surface area contributed by atoms with E-state index in [2.05, 4.69) is 0 Å². The average molecular weight is 341 g/mol. The molecular formula is C14H10F7NO. The number of ketones is 1. The van der Waals surface area contributed by atoms with Crippen LogP contribution < -0.4 is 0 Å². The lowest BCUT2D eigenvalue weighted by atomic mass is 9.97. The minimum atomic E-state index is -6.55. The summed E-state index contributed by atoms with van der Waals surface area (Å²) >= 11 is 0. The fourth-order valence-corrected chi connectivity index (χ4v) is 2.29. The van der Waals surface area contributed by atoms with E-state index in [1.165, 1.54) is 42.8 Å². The predicted molar refractivity (Wildman–Crippen MR) is 67.9 cm³/mol. The van der Waals surface area contributed by atoms with Crippen molar-refractivity contribution in [2.24, 2.45) is 7.05 Å². The van der Waals surface area contributed by atoms with Gasteiger partial charge in [-0.15, -0.1) is 0 Å². The molecule has 0 aliphatic heterocycles. The summed E-state index contributed by atoms with van der Waals surface area (Å²) in [6.45, 7) is 1.19. The lowest BCUT2D eigenvalue weighted by molar-refractivity contribution is -0.339. The van der Waals surface area contributed by atoms with Gasteiger partial charge in [-0.25, -0.2) is 0 Å². The zero-order valence-electron chi connectivity index (χ0n) is 11.8. The van der Waals surface area contributed by atoms with Crippen LogP contribution in [0.3, 0.4) is 0 Å². The van der Waals surface area contributed by atoms with Crippen LogP contribution in [0.15, 0.2) is 24.3 Å². The number of nitrogens with zero attached hydrogens (tertiary/aromatic N) is 1. The van der Waals surface area contributed by atoms with Gasteiger partial charge in [-0.2, -0.15) is 30.7 Å². The van der Waals surface area contributed by atoms with E-state index in [-0.39, 0.29) is 16.6 Å². The van der Waals surface area contributed by atoms with Gasteiger partial charge < -0.3 is 4.57 Å². The van der Waals surface area contributed by atoms with Gasteiger partial charge in [0.25, 0.3) is 0 Å². The molecule has 0 saturated carbocycles. The van der Waals surface area contributed by atoms with E-state index < -0.39 is 29.4 Å². The number of aromatic nitrogens is 1. The number of hydrogen-bond acceptors (Lipinski definition) is 1. The third kappa shape index (κ3) is 2.29. The van der Waals surface area contributed by atoms with E-state index in [1.807, 2.05) is 0 Å². The molecule has 0 spiro atoms. The highest BCUT2D eigenvalue weighted by Gasteiger charge is 2.76. The van der Waals surface area contributed by atoms with Crippen molar-refractivity contribution in [3.8, 4) is 0 Å². The van der Waals surface area contributed by atoms with Crippen molar-refractivity contribution in [2.45, 2.75) is 24.9 Å². The van der Waals surface area contributed by atoms with Crippen LogP contribution in [0.2, 0.25) is 0 Å². The Hall–Kier alpha value is -2.06. The third-order valence-electron chi connectivity index (χ3n) is 3.66. The van der Waals surface area contributed by atoms with Gasteiger partial charge in [0, 0.05) is 23.6 Å². The second-order valence-electron chi connectivity index (χ2n) is 5.01. The molecule has 9 heteroatoms. The first kappa shape index (κ1) is 17.3. The van der Waals surface area contributed by atoms with E-state index in [9.17, 15) is 35.5 Å². The van der Waals surface area contributed by atoms with Gasteiger partial charge in [0.2, 0.25) is 5.78 Å². The fourth-order valence-electron chi connectivity index (χ4n) is 2.29. The number of carbonyl (C=O) groups is 1. The van der Waals surface area contributed by atoms with Gasteiger partial charge in [0.15, 0.2) is 0 Å². The van der Waals surface area contributed by atoms with E-state index >= 15 is 0 Å². The van der Waals surface area contributed by atoms with Gasteiger partial charge in [-0.1, -0.05) is 18.2 Å². The highest BCUT2D eigenvalue weighted by atomic mass is 19.4. The molecule has 2 aromatic rings. The largest absolute Gasteiger partial charge is 0.460 e. The summed E-state index contributed by atoms with van der Waals surface area (Å²) in [4.78, 5) is 11.9. The van der Waals surface area contributed by atoms with E-state index in [0.717, 1.165) is 0 Å². The summed E-state index contributed by atoms with van der Waals surface area (Å²) in [5.74, 6) is -14.9. The molecule has 0 saturated heterocycles. The average Bonchev–Trinajstić information content (AvgIpc) is 2.69. The maximum atomic E-state index is 13.7. The smallest absolute Gasteiger partial charge is 0.347 e. The maximum Gasteiger partial charge on any atom is 0.460 e. The van der Waals surface area contributed by atoms with Crippen molar-refractivity contribution in [1.29, 1.82) is 0 Å². The zero-order chi connectivity index (χ0) is 17.8. The second kappa shape index (κ2) is 4.97. The molecule has 23 heavy (non-hydrogen) atoms. The van der Waals surface area contributed by atoms with Crippen LogP contribution in [-0.4, -0.2) is 28.4 Å². The molecule has 2 rings (SSSR count). The van der Waals surface area contributed by atoms with Crippen LogP contribution in [-0.2, 0) is 7.05 Å². The quantitative estimate of drug-likeness (QED) is 0.595. The number of hydrogen-bond donors (Lipinski definition) is 0. The number of alkyl halides is 7. The van der Waals surface area contributed by atoms with E-state index in [1.54, 1.807) is 0 Å². The van der Waals surface area contributed by atoms with Crippen molar-refractivity contribution in [3.05, 3.63) is 35.5 Å². The molecule has 1 aromatic carbocycles. The first-order valence-corrected chi connectivity index (χ1v) is 6.25. The Labute approximate surface area is 125 Å². The predicted octanol–water partition coefficient (Wildman–Crippen LogP) is 4.50. The van der Waals surface area contributed by atoms with Crippen LogP contribution in [0.4, 0.5) is 30.7 Å². The number of benzene rings is 1. The van der Waals surface area contributed by atoms with Crippen LogP contribution in [0.25, 0.3) is 10.9 Å². The summed E-state index contributed by atoms with van der Waals surface area (Å²) in [5.41, 5.74) is -0.717. The highest BCUT2D eigenvalue weighted by Crippen LogP contribution is 2.48. The Morgan fingerprint density at radius 2 is 1.52 bits per heavy atom. The monoisotopic (exact) mass is 341 g/mol. The minimum Gasteiger partial charge on any atom is -0.347 e. The topological polar surface area (TPSA) is 22.0 Å². The summed E-state index contributed by atoms with van der Waals surface area (Å²) in [6, 6.07) is 5.51. The van der Waals surface area contributed by atoms with Crippen LogP contribution in [0.1, 0.15) is 16.1 Å². The molecule has 0 fully saturated rings. The fraction of sp³-hybridized carbons (Fsp3) is 0.357. The summed E-state index contributed by atoms with van der Waals surface area (Å²) < 4.78 is 91.5. The maximum absolute atomic E-state index is 13.7. The Morgan fingerprint density at radius 1 is 1.00 bits per heavy atom. The molecule has 1 aromatic heterocycles. The van der Waals surface area contributed by atoms with Gasteiger partial charge in [-0.05, 0) is 13.0 Å². The van der Waals surface area contributed by atoms with Crippen molar-refractivity contribution in [2.75, 3.05) is 0 Å². The molecular weight excluding hydrogens is 331 g/mol.